The Kier molecular flexibility index (Phi) is 5.70. The zero-order chi connectivity index (χ0) is 22.8. The van der Waals surface area contributed by atoms with Crippen molar-refractivity contribution in [1.29, 1.82) is 0 Å². The standard InChI is InChI=1S/C24H26N8O/c1-31-7-5-20(6-8-31)27-21-10-18(12-25-14-21)24(33)28-23-11-17-9-16(3-4-22(17)29-30-23)19-13-26-32(2)15-19/h3-4,9-15,20,27H,5-8H2,1-2H3,(H,28,30,33). The molecule has 168 valence electrons. The van der Waals surface area contributed by atoms with Crippen LogP contribution in [-0.2, 0) is 7.05 Å². The molecule has 4 heterocycles. The number of carbonyl (C=O) groups excluding carboxylic acids is 1. The minimum Gasteiger partial charge on any atom is -0.381 e. The van der Waals surface area contributed by atoms with E-state index in [-0.39, 0.29) is 5.91 Å². The average molecular weight is 443 g/mol. The number of piperidine rings is 1. The maximum absolute atomic E-state index is 12.9. The lowest BCUT2D eigenvalue weighted by Crippen LogP contribution is -2.36. The summed E-state index contributed by atoms with van der Waals surface area (Å²) < 4.78 is 1.76. The SMILES string of the molecule is CN1CCC(Nc2cncc(C(=O)Nc3cc4cc(-c5cnn(C)c5)ccc4nn3)c2)CC1. The van der Waals surface area contributed by atoms with Gasteiger partial charge in [-0.25, -0.2) is 0 Å². The van der Waals surface area contributed by atoms with Gasteiger partial charge in [0.15, 0.2) is 5.82 Å². The third-order valence-electron chi connectivity index (χ3n) is 5.95. The van der Waals surface area contributed by atoms with Gasteiger partial charge >= 0.3 is 0 Å². The highest BCUT2D eigenvalue weighted by molar-refractivity contribution is 6.04. The Bertz CT molecular complexity index is 1290. The van der Waals surface area contributed by atoms with Gasteiger partial charge in [-0.15, -0.1) is 10.2 Å². The van der Waals surface area contributed by atoms with Crippen LogP contribution in [0, 0.1) is 0 Å². The molecule has 9 nitrogen and oxygen atoms in total. The molecule has 0 aliphatic carbocycles. The van der Waals surface area contributed by atoms with Crippen molar-refractivity contribution in [2.24, 2.45) is 7.05 Å². The van der Waals surface area contributed by atoms with Crippen LogP contribution in [0.5, 0.6) is 0 Å². The number of amides is 1. The third kappa shape index (κ3) is 4.83. The molecule has 33 heavy (non-hydrogen) atoms. The first-order valence-electron chi connectivity index (χ1n) is 11.0. The van der Waals surface area contributed by atoms with Crippen LogP contribution in [0.15, 0.2) is 55.1 Å². The quantitative estimate of drug-likeness (QED) is 0.489. The van der Waals surface area contributed by atoms with Gasteiger partial charge in [0, 0.05) is 42.6 Å². The Labute approximate surface area is 191 Å². The highest BCUT2D eigenvalue weighted by Gasteiger charge is 2.17. The Hall–Kier alpha value is -3.85. The van der Waals surface area contributed by atoms with Crippen LogP contribution < -0.4 is 10.6 Å². The van der Waals surface area contributed by atoms with E-state index in [9.17, 15) is 4.79 Å². The van der Waals surface area contributed by atoms with Crippen molar-refractivity contribution in [2.75, 3.05) is 30.8 Å². The fourth-order valence-electron chi connectivity index (χ4n) is 4.08. The lowest BCUT2D eigenvalue weighted by Gasteiger charge is -2.30. The zero-order valence-electron chi connectivity index (χ0n) is 18.7. The second kappa shape index (κ2) is 8.95. The summed E-state index contributed by atoms with van der Waals surface area (Å²) >= 11 is 0. The lowest BCUT2D eigenvalue weighted by molar-refractivity contribution is 0.102. The fourth-order valence-corrected chi connectivity index (χ4v) is 4.08. The van der Waals surface area contributed by atoms with Gasteiger partial charge in [0.1, 0.15) is 0 Å². The Morgan fingerprint density at radius 2 is 1.85 bits per heavy atom. The minimum atomic E-state index is -0.272. The Balaban J connectivity index is 1.31. The predicted molar refractivity (Wildman–Crippen MR) is 128 cm³/mol. The first kappa shape index (κ1) is 21.0. The number of anilines is 2. The van der Waals surface area contributed by atoms with Gasteiger partial charge in [-0.2, -0.15) is 5.10 Å². The minimum absolute atomic E-state index is 0.272. The molecule has 0 spiro atoms. The van der Waals surface area contributed by atoms with Gasteiger partial charge in [-0.3, -0.25) is 14.5 Å². The molecule has 1 aliphatic rings. The van der Waals surface area contributed by atoms with E-state index in [0.717, 1.165) is 53.6 Å². The van der Waals surface area contributed by atoms with Crippen LogP contribution in [0.1, 0.15) is 23.2 Å². The molecule has 0 saturated carbocycles. The van der Waals surface area contributed by atoms with E-state index in [1.165, 1.54) is 0 Å². The number of rotatable bonds is 5. The summed E-state index contributed by atoms with van der Waals surface area (Å²) in [5.74, 6) is 0.121. The molecule has 5 rings (SSSR count). The number of likely N-dealkylation sites (tertiary alicyclic amines) is 1. The van der Waals surface area contributed by atoms with Crippen molar-refractivity contribution in [3.8, 4) is 11.1 Å². The Morgan fingerprint density at radius 1 is 1.00 bits per heavy atom. The molecular weight excluding hydrogens is 416 g/mol. The number of carbonyl (C=O) groups is 1. The van der Waals surface area contributed by atoms with Gasteiger partial charge in [0.2, 0.25) is 0 Å². The van der Waals surface area contributed by atoms with E-state index in [0.29, 0.717) is 17.4 Å². The van der Waals surface area contributed by atoms with E-state index in [1.807, 2.05) is 49.8 Å². The van der Waals surface area contributed by atoms with Gasteiger partial charge in [-0.05, 0) is 62.8 Å². The topological polar surface area (TPSA) is 101 Å². The second-order valence-corrected chi connectivity index (χ2v) is 8.54. The van der Waals surface area contributed by atoms with Gasteiger partial charge in [0.25, 0.3) is 5.91 Å². The molecule has 0 atom stereocenters. The molecule has 1 amide bonds. The summed E-state index contributed by atoms with van der Waals surface area (Å²) in [5.41, 5.74) is 4.12. The van der Waals surface area contributed by atoms with E-state index in [4.69, 9.17) is 0 Å². The third-order valence-corrected chi connectivity index (χ3v) is 5.95. The number of nitrogens with one attached hydrogen (secondary N) is 2. The number of fused-ring (bicyclic) bond motifs is 1. The number of aryl methyl sites for hydroxylation is 1. The van der Waals surface area contributed by atoms with E-state index >= 15 is 0 Å². The highest BCUT2D eigenvalue weighted by atomic mass is 16.1. The molecule has 1 aromatic carbocycles. The Morgan fingerprint density at radius 3 is 2.64 bits per heavy atom. The molecule has 9 heteroatoms. The second-order valence-electron chi connectivity index (χ2n) is 8.54. The van der Waals surface area contributed by atoms with Crippen LogP contribution in [-0.4, -0.2) is 61.9 Å². The highest BCUT2D eigenvalue weighted by Crippen LogP contribution is 2.24. The smallest absolute Gasteiger partial charge is 0.258 e. The number of hydrogen-bond donors (Lipinski definition) is 2. The van der Waals surface area contributed by atoms with Crippen molar-refractivity contribution in [3.05, 3.63) is 60.7 Å². The molecule has 2 N–H and O–H groups in total. The predicted octanol–water partition coefficient (Wildman–Crippen LogP) is 3.18. The summed E-state index contributed by atoms with van der Waals surface area (Å²) in [6, 6.07) is 9.97. The maximum Gasteiger partial charge on any atom is 0.258 e. The van der Waals surface area contributed by atoms with Gasteiger partial charge in [-0.1, -0.05) is 6.07 Å². The molecule has 0 unspecified atom stereocenters. The summed E-state index contributed by atoms with van der Waals surface area (Å²) in [4.78, 5) is 19.4. The maximum atomic E-state index is 12.9. The molecule has 1 aliphatic heterocycles. The van der Waals surface area contributed by atoms with Crippen molar-refractivity contribution < 1.29 is 4.79 Å². The fraction of sp³-hybridized carbons (Fsp3) is 0.292. The first-order chi connectivity index (χ1) is 16.0. The zero-order valence-corrected chi connectivity index (χ0v) is 18.7. The molecule has 0 bridgehead atoms. The molecule has 1 fully saturated rings. The van der Waals surface area contributed by atoms with Crippen molar-refractivity contribution >= 4 is 28.3 Å². The molecule has 1 saturated heterocycles. The number of pyridine rings is 1. The summed E-state index contributed by atoms with van der Waals surface area (Å²) in [7, 11) is 4.02. The number of nitrogens with zero attached hydrogens (tertiary/aromatic N) is 6. The number of hydrogen-bond acceptors (Lipinski definition) is 7. The molecule has 3 aromatic heterocycles. The van der Waals surface area contributed by atoms with Gasteiger partial charge < -0.3 is 15.5 Å². The van der Waals surface area contributed by atoms with Crippen molar-refractivity contribution in [3.63, 3.8) is 0 Å². The van der Waals surface area contributed by atoms with Gasteiger partial charge in [0.05, 0.1) is 23.0 Å². The summed E-state index contributed by atoms with van der Waals surface area (Å²) in [5, 5.41) is 19.9. The van der Waals surface area contributed by atoms with E-state index < -0.39 is 0 Å². The lowest BCUT2D eigenvalue weighted by atomic mass is 10.1. The van der Waals surface area contributed by atoms with Crippen LogP contribution in [0.3, 0.4) is 0 Å². The van der Waals surface area contributed by atoms with E-state index in [2.05, 4.69) is 42.9 Å². The van der Waals surface area contributed by atoms with Crippen LogP contribution in [0.4, 0.5) is 11.5 Å². The molecule has 4 aromatic rings. The van der Waals surface area contributed by atoms with Crippen LogP contribution in [0.25, 0.3) is 22.0 Å². The monoisotopic (exact) mass is 442 g/mol. The van der Waals surface area contributed by atoms with Crippen LogP contribution >= 0.6 is 0 Å². The molecule has 0 radical (unpaired) electrons. The van der Waals surface area contributed by atoms with Crippen molar-refractivity contribution in [1.82, 2.24) is 29.9 Å². The normalized spacial score (nSPS) is 15.0. The molecular formula is C24H26N8O. The van der Waals surface area contributed by atoms with E-state index in [1.54, 1.807) is 17.1 Å². The first-order valence-corrected chi connectivity index (χ1v) is 11.0. The number of benzene rings is 1. The summed E-state index contributed by atoms with van der Waals surface area (Å²) in [6.07, 6.45) is 9.23. The average Bonchev–Trinajstić information content (AvgIpc) is 3.26. The number of aromatic nitrogens is 5. The largest absolute Gasteiger partial charge is 0.381 e. The van der Waals surface area contributed by atoms with Crippen LogP contribution in [0.2, 0.25) is 0 Å². The van der Waals surface area contributed by atoms with Crippen molar-refractivity contribution in [2.45, 2.75) is 18.9 Å². The summed E-state index contributed by atoms with van der Waals surface area (Å²) in [6.45, 7) is 2.13.